The third kappa shape index (κ3) is 2.43. The van der Waals surface area contributed by atoms with Crippen molar-refractivity contribution in [3.05, 3.63) is 0 Å². The van der Waals surface area contributed by atoms with Crippen LogP contribution in [0, 0.1) is 0 Å². The second-order valence-electron chi connectivity index (χ2n) is 4.42. The highest BCUT2D eigenvalue weighted by atomic mass is 16.5. The Bertz CT molecular complexity index is 242. The lowest BCUT2D eigenvalue weighted by molar-refractivity contribution is 0.112. The van der Waals surface area contributed by atoms with Crippen molar-refractivity contribution in [2.24, 2.45) is 4.99 Å². The van der Waals surface area contributed by atoms with E-state index < -0.39 is 0 Å². The molecule has 15 heavy (non-hydrogen) atoms. The number of nitrogens with one attached hydrogen (secondary N) is 1. The standard InChI is InChI=1S/C11H21N3O/c1-9(15-2)5-6-12-11-13-8-10-4-3-7-14(10)11/h9-10H,3-8H2,1-2H3,(H,12,13)/t9?,10-/m1/s1. The van der Waals surface area contributed by atoms with Crippen LogP contribution >= 0.6 is 0 Å². The van der Waals surface area contributed by atoms with Crippen molar-refractivity contribution in [3.8, 4) is 0 Å². The number of aliphatic imine (C=N–C) groups is 1. The number of nitrogens with zero attached hydrogens (tertiary/aromatic N) is 2. The molecule has 4 heteroatoms. The van der Waals surface area contributed by atoms with Crippen molar-refractivity contribution < 1.29 is 4.74 Å². The molecule has 2 aliphatic heterocycles. The number of fused-ring (bicyclic) bond motifs is 1. The molecule has 0 aromatic rings. The highest BCUT2D eigenvalue weighted by Gasteiger charge is 2.31. The number of methoxy groups -OCH3 is 1. The maximum absolute atomic E-state index is 5.21. The first-order chi connectivity index (χ1) is 7.31. The molecule has 86 valence electrons. The molecule has 0 bridgehead atoms. The van der Waals surface area contributed by atoms with Crippen molar-refractivity contribution in [2.75, 3.05) is 26.7 Å². The molecule has 2 heterocycles. The van der Waals surface area contributed by atoms with Crippen LogP contribution in [0.1, 0.15) is 26.2 Å². The molecule has 0 amide bonds. The average Bonchev–Trinajstić information content (AvgIpc) is 2.81. The van der Waals surface area contributed by atoms with Crippen LogP contribution in [0.2, 0.25) is 0 Å². The van der Waals surface area contributed by atoms with Crippen LogP contribution in [-0.4, -0.2) is 49.7 Å². The Morgan fingerprint density at radius 3 is 3.33 bits per heavy atom. The van der Waals surface area contributed by atoms with E-state index in [-0.39, 0.29) is 0 Å². The van der Waals surface area contributed by atoms with Gasteiger partial charge in [0, 0.05) is 20.2 Å². The van der Waals surface area contributed by atoms with Crippen LogP contribution in [0.5, 0.6) is 0 Å². The van der Waals surface area contributed by atoms with Gasteiger partial charge in [-0.3, -0.25) is 4.99 Å². The van der Waals surface area contributed by atoms with Gasteiger partial charge in [0.25, 0.3) is 0 Å². The van der Waals surface area contributed by atoms with Crippen molar-refractivity contribution >= 4 is 5.96 Å². The number of ether oxygens (including phenoxy) is 1. The van der Waals surface area contributed by atoms with Crippen molar-refractivity contribution in [2.45, 2.75) is 38.3 Å². The fourth-order valence-corrected chi connectivity index (χ4v) is 2.25. The number of rotatable bonds is 4. The Hall–Kier alpha value is -0.770. The monoisotopic (exact) mass is 211 g/mol. The number of hydrogen-bond acceptors (Lipinski definition) is 4. The maximum Gasteiger partial charge on any atom is 0.194 e. The van der Waals surface area contributed by atoms with Gasteiger partial charge in [-0.2, -0.15) is 0 Å². The molecule has 0 radical (unpaired) electrons. The van der Waals surface area contributed by atoms with E-state index in [1.807, 2.05) is 0 Å². The van der Waals surface area contributed by atoms with Crippen LogP contribution in [0.3, 0.4) is 0 Å². The van der Waals surface area contributed by atoms with Gasteiger partial charge in [0.1, 0.15) is 0 Å². The summed E-state index contributed by atoms with van der Waals surface area (Å²) >= 11 is 0. The minimum atomic E-state index is 0.328. The average molecular weight is 211 g/mol. The SMILES string of the molecule is COC(C)CCNC1=NC[C@H]2CCCN12. The molecule has 1 unspecified atom stereocenters. The van der Waals surface area contributed by atoms with E-state index in [9.17, 15) is 0 Å². The molecule has 2 rings (SSSR count). The topological polar surface area (TPSA) is 36.9 Å². The van der Waals surface area contributed by atoms with E-state index in [1.54, 1.807) is 7.11 Å². The number of guanidine groups is 1. The fourth-order valence-electron chi connectivity index (χ4n) is 2.25. The zero-order valence-corrected chi connectivity index (χ0v) is 9.70. The summed E-state index contributed by atoms with van der Waals surface area (Å²) in [5, 5.41) is 3.41. The van der Waals surface area contributed by atoms with E-state index in [0.717, 1.165) is 25.5 Å². The first-order valence-corrected chi connectivity index (χ1v) is 5.89. The third-order valence-electron chi connectivity index (χ3n) is 3.34. The lowest BCUT2D eigenvalue weighted by Crippen LogP contribution is -2.40. The molecule has 0 aliphatic carbocycles. The Morgan fingerprint density at radius 2 is 2.53 bits per heavy atom. The molecule has 1 N–H and O–H groups in total. The Kier molecular flexibility index (Phi) is 3.46. The maximum atomic E-state index is 5.21. The fraction of sp³-hybridized carbons (Fsp3) is 0.909. The molecule has 0 spiro atoms. The van der Waals surface area contributed by atoms with Gasteiger partial charge in [-0.05, 0) is 26.2 Å². The van der Waals surface area contributed by atoms with Crippen LogP contribution in [0.15, 0.2) is 4.99 Å². The summed E-state index contributed by atoms with van der Waals surface area (Å²) in [4.78, 5) is 6.95. The van der Waals surface area contributed by atoms with Gasteiger partial charge >= 0.3 is 0 Å². The van der Waals surface area contributed by atoms with Gasteiger partial charge in [-0.1, -0.05) is 0 Å². The molecule has 4 nitrogen and oxygen atoms in total. The molecular formula is C11H21N3O. The minimum absolute atomic E-state index is 0.328. The molecule has 0 aromatic heterocycles. The third-order valence-corrected chi connectivity index (χ3v) is 3.34. The van der Waals surface area contributed by atoms with Crippen LogP contribution in [-0.2, 0) is 4.74 Å². The van der Waals surface area contributed by atoms with E-state index in [1.165, 1.54) is 19.4 Å². The summed E-state index contributed by atoms with van der Waals surface area (Å²) in [5.74, 6) is 1.11. The quantitative estimate of drug-likeness (QED) is 0.748. The summed E-state index contributed by atoms with van der Waals surface area (Å²) < 4.78 is 5.21. The Balaban J connectivity index is 1.71. The Morgan fingerprint density at radius 1 is 1.67 bits per heavy atom. The van der Waals surface area contributed by atoms with Gasteiger partial charge in [0.05, 0.1) is 18.7 Å². The predicted molar refractivity (Wildman–Crippen MR) is 61.1 cm³/mol. The van der Waals surface area contributed by atoms with Crippen LogP contribution < -0.4 is 5.32 Å². The van der Waals surface area contributed by atoms with Crippen molar-refractivity contribution in [3.63, 3.8) is 0 Å². The second kappa shape index (κ2) is 4.84. The van der Waals surface area contributed by atoms with E-state index in [0.29, 0.717) is 12.1 Å². The van der Waals surface area contributed by atoms with Crippen LogP contribution in [0.4, 0.5) is 0 Å². The summed E-state index contributed by atoms with van der Waals surface area (Å²) in [6, 6.07) is 0.687. The van der Waals surface area contributed by atoms with Crippen molar-refractivity contribution in [1.29, 1.82) is 0 Å². The highest BCUT2D eigenvalue weighted by molar-refractivity contribution is 5.82. The zero-order valence-electron chi connectivity index (χ0n) is 9.70. The summed E-state index contributed by atoms with van der Waals surface area (Å²) in [7, 11) is 1.76. The zero-order chi connectivity index (χ0) is 10.7. The van der Waals surface area contributed by atoms with Crippen LogP contribution in [0.25, 0.3) is 0 Å². The summed E-state index contributed by atoms with van der Waals surface area (Å²) in [5.41, 5.74) is 0. The second-order valence-corrected chi connectivity index (χ2v) is 4.42. The van der Waals surface area contributed by atoms with Gasteiger partial charge in [-0.15, -0.1) is 0 Å². The van der Waals surface area contributed by atoms with Crippen molar-refractivity contribution in [1.82, 2.24) is 10.2 Å². The first-order valence-electron chi connectivity index (χ1n) is 5.89. The summed E-state index contributed by atoms with van der Waals surface area (Å²) in [6.45, 7) is 5.21. The van der Waals surface area contributed by atoms with Gasteiger partial charge in [0.15, 0.2) is 5.96 Å². The molecule has 1 fully saturated rings. The lowest BCUT2D eigenvalue weighted by atomic mass is 10.2. The van der Waals surface area contributed by atoms with Gasteiger partial charge in [-0.25, -0.2) is 0 Å². The Labute approximate surface area is 91.7 Å². The van der Waals surface area contributed by atoms with Gasteiger partial charge < -0.3 is 15.0 Å². The summed E-state index contributed by atoms with van der Waals surface area (Å²) in [6.07, 6.45) is 3.99. The van der Waals surface area contributed by atoms with E-state index in [2.05, 4.69) is 22.1 Å². The van der Waals surface area contributed by atoms with E-state index in [4.69, 9.17) is 4.74 Å². The molecule has 2 aliphatic rings. The first kappa shape index (κ1) is 10.7. The van der Waals surface area contributed by atoms with E-state index >= 15 is 0 Å². The smallest absolute Gasteiger partial charge is 0.194 e. The molecule has 1 saturated heterocycles. The molecule has 0 saturated carbocycles. The van der Waals surface area contributed by atoms with Gasteiger partial charge in [0.2, 0.25) is 0 Å². The predicted octanol–water partition coefficient (Wildman–Crippen LogP) is 0.835. The molecule has 0 aromatic carbocycles. The minimum Gasteiger partial charge on any atom is -0.382 e. The highest BCUT2D eigenvalue weighted by Crippen LogP contribution is 2.21. The molecular weight excluding hydrogens is 190 g/mol. The lowest BCUT2D eigenvalue weighted by Gasteiger charge is -2.21. The number of hydrogen-bond donors (Lipinski definition) is 1. The molecule has 2 atom stereocenters. The largest absolute Gasteiger partial charge is 0.382 e. The normalized spacial score (nSPS) is 26.4.